The van der Waals surface area contributed by atoms with Crippen molar-refractivity contribution in [2.24, 2.45) is 0 Å². The van der Waals surface area contributed by atoms with E-state index in [0.717, 1.165) is 35.9 Å². The maximum absolute atomic E-state index is 11.8. The molecule has 1 aromatic rings. The number of ether oxygens (including phenoxy) is 1. The Hall–Kier alpha value is -0.830. The van der Waals surface area contributed by atoms with Crippen molar-refractivity contribution in [1.82, 2.24) is 0 Å². The Morgan fingerprint density at radius 1 is 1.31 bits per heavy atom. The van der Waals surface area contributed by atoms with Gasteiger partial charge in [-0.1, -0.05) is 34.5 Å². The normalized spacial score (nSPS) is 10.1. The van der Waals surface area contributed by atoms with Gasteiger partial charge in [0, 0.05) is 17.3 Å². The summed E-state index contributed by atoms with van der Waals surface area (Å²) in [6, 6.07) is 7.34. The Bertz CT molecular complexity index is 336. The number of benzene rings is 1. The molecule has 0 N–H and O–H groups in total. The largest absolute Gasteiger partial charge is 0.497 e. The van der Waals surface area contributed by atoms with E-state index >= 15 is 0 Å². The fraction of sp³-hybridized carbons (Fsp3) is 0.462. The average Bonchev–Trinajstić information content (AvgIpc) is 2.34. The lowest BCUT2D eigenvalue weighted by Crippen LogP contribution is -1.99. The second-order valence-corrected chi connectivity index (χ2v) is 4.45. The monoisotopic (exact) mass is 284 g/mol. The molecule has 1 rings (SSSR count). The number of halogens is 1. The van der Waals surface area contributed by atoms with Crippen LogP contribution in [0.3, 0.4) is 0 Å². The number of alkyl halides is 1. The van der Waals surface area contributed by atoms with Gasteiger partial charge in [0.25, 0.3) is 0 Å². The van der Waals surface area contributed by atoms with Crippen molar-refractivity contribution in [2.75, 3.05) is 12.4 Å². The third-order valence-electron chi connectivity index (χ3n) is 2.43. The molecule has 0 saturated heterocycles. The van der Waals surface area contributed by atoms with E-state index in [-0.39, 0.29) is 5.78 Å². The number of carbonyl (C=O) groups is 1. The predicted octanol–water partition coefficient (Wildman–Crippen LogP) is 3.83. The fourth-order valence-corrected chi connectivity index (χ4v) is 1.89. The second-order valence-electron chi connectivity index (χ2n) is 3.65. The number of Topliss-reactive ketones (excluding diaryl/α,β-unsaturated/α-hetero) is 1. The van der Waals surface area contributed by atoms with Gasteiger partial charge in [-0.2, -0.15) is 0 Å². The van der Waals surface area contributed by atoms with E-state index < -0.39 is 0 Å². The van der Waals surface area contributed by atoms with E-state index in [1.807, 2.05) is 18.2 Å². The van der Waals surface area contributed by atoms with Crippen LogP contribution in [0, 0.1) is 0 Å². The lowest BCUT2D eigenvalue weighted by atomic mass is 10.0. The van der Waals surface area contributed by atoms with Gasteiger partial charge in [-0.3, -0.25) is 4.79 Å². The van der Waals surface area contributed by atoms with Gasteiger partial charge in [0.1, 0.15) is 5.75 Å². The molecule has 1 aromatic carbocycles. The van der Waals surface area contributed by atoms with Crippen LogP contribution in [0.15, 0.2) is 24.3 Å². The van der Waals surface area contributed by atoms with Gasteiger partial charge in [0.2, 0.25) is 0 Å². The van der Waals surface area contributed by atoms with Crippen LogP contribution in [0.4, 0.5) is 0 Å². The minimum absolute atomic E-state index is 0.202. The number of hydrogen-bond acceptors (Lipinski definition) is 2. The molecule has 0 radical (unpaired) electrons. The van der Waals surface area contributed by atoms with Crippen LogP contribution in [-0.4, -0.2) is 18.2 Å². The van der Waals surface area contributed by atoms with Gasteiger partial charge >= 0.3 is 0 Å². The van der Waals surface area contributed by atoms with Crippen LogP contribution in [0.25, 0.3) is 0 Å². The SMILES string of the molecule is COc1cccc(C(=O)CCCCCBr)c1. The molecule has 0 spiro atoms. The molecule has 0 bridgehead atoms. The van der Waals surface area contributed by atoms with Crippen molar-refractivity contribution in [3.8, 4) is 5.75 Å². The van der Waals surface area contributed by atoms with Gasteiger partial charge in [-0.25, -0.2) is 0 Å². The van der Waals surface area contributed by atoms with Crippen LogP contribution in [-0.2, 0) is 0 Å². The lowest BCUT2D eigenvalue weighted by molar-refractivity contribution is 0.0979. The number of rotatable bonds is 7. The molecule has 0 heterocycles. The zero-order valence-electron chi connectivity index (χ0n) is 9.54. The summed E-state index contributed by atoms with van der Waals surface area (Å²) in [5.74, 6) is 0.944. The molecular formula is C13H17BrO2. The summed E-state index contributed by atoms with van der Waals surface area (Å²) in [6.45, 7) is 0. The molecule has 0 aliphatic rings. The van der Waals surface area contributed by atoms with Crippen molar-refractivity contribution < 1.29 is 9.53 Å². The summed E-state index contributed by atoms with van der Waals surface area (Å²) >= 11 is 3.38. The minimum Gasteiger partial charge on any atom is -0.497 e. The highest BCUT2D eigenvalue weighted by atomic mass is 79.9. The molecule has 16 heavy (non-hydrogen) atoms. The molecule has 0 fully saturated rings. The number of ketones is 1. The summed E-state index contributed by atoms with van der Waals surface area (Å²) in [5.41, 5.74) is 0.748. The minimum atomic E-state index is 0.202. The highest BCUT2D eigenvalue weighted by Crippen LogP contribution is 2.15. The van der Waals surface area contributed by atoms with Crippen LogP contribution in [0.2, 0.25) is 0 Å². The predicted molar refractivity (Wildman–Crippen MR) is 69.6 cm³/mol. The van der Waals surface area contributed by atoms with Crippen molar-refractivity contribution in [1.29, 1.82) is 0 Å². The molecule has 2 nitrogen and oxygen atoms in total. The topological polar surface area (TPSA) is 26.3 Å². The number of methoxy groups -OCH3 is 1. The Labute approximate surface area is 105 Å². The van der Waals surface area contributed by atoms with Crippen molar-refractivity contribution >= 4 is 21.7 Å². The molecular weight excluding hydrogens is 268 g/mol. The third-order valence-corrected chi connectivity index (χ3v) is 2.99. The molecule has 0 amide bonds. The number of unbranched alkanes of at least 4 members (excludes halogenated alkanes) is 2. The van der Waals surface area contributed by atoms with E-state index in [1.165, 1.54) is 0 Å². The summed E-state index contributed by atoms with van der Waals surface area (Å²) < 4.78 is 5.09. The lowest BCUT2D eigenvalue weighted by Gasteiger charge is -2.03. The summed E-state index contributed by atoms with van der Waals surface area (Å²) in [7, 11) is 1.61. The van der Waals surface area contributed by atoms with E-state index in [0.29, 0.717) is 6.42 Å². The van der Waals surface area contributed by atoms with Crippen LogP contribution >= 0.6 is 15.9 Å². The molecule has 88 valence electrons. The average molecular weight is 285 g/mol. The Morgan fingerprint density at radius 2 is 2.12 bits per heavy atom. The van der Waals surface area contributed by atoms with Crippen LogP contribution < -0.4 is 4.74 Å². The highest BCUT2D eigenvalue weighted by Gasteiger charge is 2.06. The van der Waals surface area contributed by atoms with E-state index in [2.05, 4.69) is 15.9 Å². The van der Waals surface area contributed by atoms with Crippen molar-refractivity contribution in [3.63, 3.8) is 0 Å². The van der Waals surface area contributed by atoms with E-state index in [4.69, 9.17) is 4.74 Å². The Kier molecular flexibility index (Phi) is 6.16. The molecule has 0 aromatic heterocycles. The summed E-state index contributed by atoms with van der Waals surface area (Å²) in [5, 5.41) is 1.01. The van der Waals surface area contributed by atoms with Crippen LogP contribution in [0.5, 0.6) is 5.75 Å². The zero-order chi connectivity index (χ0) is 11.8. The first-order valence-corrected chi connectivity index (χ1v) is 6.63. The summed E-state index contributed by atoms with van der Waals surface area (Å²) in [6.07, 6.45) is 3.81. The maximum Gasteiger partial charge on any atom is 0.163 e. The van der Waals surface area contributed by atoms with Crippen molar-refractivity contribution in [3.05, 3.63) is 29.8 Å². The Morgan fingerprint density at radius 3 is 2.81 bits per heavy atom. The van der Waals surface area contributed by atoms with Gasteiger partial charge in [0.05, 0.1) is 7.11 Å². The molecule has 0 aliphatic heterocycles. The first kappa shape index (κ1) is 13.2. The van der Waals surface area contributed by atoms with Gasteiger partial charge < -0.3 is 4.74 Å². The van der Waals surface area contributed by atoms with Gasteiger partial charge in [-0.15, -0.1) is 0 Å². The first-order valence-electron chi connectivity index (χ1n) is 5.51. The van der Waals surface area contributed by atoms with Crippen molar-refractivity contribution in [2.45, 2.75) is 25.7 Å². The molecule has 0 unspecified atom stereocenters. The Balaban J connectivity index is 2.46. The first-order chi connectivity index (χ1) is 7.77. The maximum atomic E-state index is 11.8. The number of hydrogen-bond donors (Lipinski definition) is 0. The standard InChI is InChI=1S/C13H17BrO2/c1-16-12-7-5-6-11(10-12)13(15)8-3-2-4-9-14/h5-7,10H,2-4,8-9H2,1H3. The molecule has 0 atom stereocenters. The van der Waals surface area contributed by atoms with E-state index in [1.54, 1.807) is 13.2 Å². The third kappa shape index (κ3) is 4.35. The fourth-order valence-electron chi connectivity index (χ4n) is 1.50. The van der Waals surface area contributed by atoms with E-state index in [9.17, 15) is 4.79 Å². The van der Waals surface area contributed by atoms with Gasteiger partial charge in [-0.05, 0) is 25.0 Å². The second kappa shape index (κ2) is 7.44. The quantitative estimate of drug-likeness (QED) is 0.432. The van der Waals surface area contributed by atoms with Crippen LogP contribution in [0.1, 0.15) is 36.0 Å². The molecule has 3 heteroatoms. The smallest absolute Gasteiger partial charge is 0.163 e. The molecule has 0 aliphatic carbocycles. The molecule has 0 saturated carbocycles. The summed E-state index contributed by atoms with van der Waals surface area (Å²) in [4.78, 5) is 11.8. The van der Waals surface area contributed by atoms with Gasteiger partial charge in [0.15, 0.2) is 5.78 Å². The zero-order valence-corrected chi connectivity index (χ0v) is 11.1. The number of carbonyl (C=O) groups excluding carboxylic acids is 1. The highest BCUT2D eigenvalue weighted by molar-refractivity contribution is 9.09.